The predicted molar refractivity (Wildman–Crippen MR) is 365 cm³/mol. The summed E-state index contributed by atoms with van der Waals surface area (Å²) in [5, 5.41) is 0. The average molecular weight is 1190 g/mol. The standard InChI is InChI=1S/C12H11N.5C11H10N2.C10H9N3/c1-10-12(8-5-9-13-10)11-6-3-2-4-7-11;1-9-8-13-7-4-11(9)10-2-5-12-6-3-10;1-9-11(5-3-7-13-9)10-4-2-6-12-8-10;1-9-11(3-2-6-13-9)10-4-7-12-8-5-10;1-9-10(5-4-8-12-9)11-6-2-3-7-13-11;1-9-7-12-8-13-11(9)10-5-3-2-4-6-10;1-8-6-11-7-13-10(8)9-4-2-3-5-12-9/h2-9H,1H3;5*2-8H,1H3;2-7H,1H3. The molecule has 14 aromatic rings. The Labute approximate surface area is 533 Å². The van der Waals surface area contributed by atoms with Gasteiger partial charge < -0.3 is 0 Å². The van der Waals surface area contributed by atoms with Crippen LogP contribution >= 0.6 is 0 Å². The van der Waals surface area contributed by atoms with Crippen LogP contribution in [0.1, 0.15) is 39.5 Å². The highest BCUT2D eigenvalue weighted by atomic mass is 14.8. The molecule has 0 bridgehead atoms. The Morgan fingerprint density at radius 1 is 0.198 bits per heavy atom. The van der Waals surface area contributed by atoms with Crippen molar-refractivity contribution in [1.29, 1.82) is 0 Å². The maximum Gasteiger partial charge on any atom is 0.116 e. The number of nitrogens with zero attached hydrogens (tertiary/aromatic N) is 14. The van der Waals surface area contributed by atoms with Gasteiger partial charge in [0.05, 0.1) is 22.8 Å². The van der Waals surface area contributed by atoms with Gasteiger partial charge in [0, 0.05) is 155 Å². The van der Waals surface area contributed by atoms with Crippen LogP contribution in [0.3, 0.4) is 0 Å². The SMILES string of the molecule is Cc1cnccc1-c1ccncc1.Cc1cncnc1-c1ccccc1.Cc1cncnc1-c1ccccn1.Cc1ncccc1-c1ccccc1.Cc1ncccc1-c1ccccn1.Cc1ncccc1-c1cccnc1.Cc1ncccc1-c1ccncc1. The van der Waals surface area contributed by atoms with E-state index in [1.54, 1.807) is 74.5 Å². The van der Waals surface area contributed by atoms with E-state index in [0.29, 0.717) is 0 Å². The molecule has 0 spiro atoms. The first-order valence-corrected chi connectivity index (χ1v) is 29.4. The maximum atomic E-state index is 4.27. The molecule has 0 fully saturated rings. The van der Waals surface area contributed by atoms with Gasteiger partial charge in [-0.1, -0.05) is 97.1 Å². The Kier molecular flexibility index (Phi) is 25.5. The van der Waals surface area contributed by atoms with Crippen molar-refractivity contribution in [1.82, 2.24) is 69.8 Å². The van der Waals surface area contributed by atoms with E-state index in [0.717, 1.165) is 78.9 Å². The van der Waals surface area contributed by atoms with Gasteiger partial charge in [0.15, 0.2) is 0 Å². The zero-order valence-corrected chi connectivity index (χ0v) is 52.1. The quantitative estimate of drug-likeness (QED) is 0.147. The zero-order valence-electron chi connectivity index (χ0n) is 52.1. The molecule has 0 saturated carbocycles. The molecule has 12 heterocycles. The van der Waals surface area contributed by atoms with E-state index in [9.17, 15) is 0 Å². The van der Waals surface area contributed by atoms with Crippen LogP contribution in [0.5, 0.6) is 0 Å². The van der Waals surface area contributed by atoms with Crippen LogP contribution in [0.2, 0.25) is 0 Å². The van der Waals surface area contributed by atoms with Crippen LogP contribution in [-0.4, -0.2) is 69.8 Å². The molecule has 14 heteroatoms. The van der Waals surface area contributed by atoms with Gasteiger partial charge in [0.1, 0.15) is 12.7 Å². The third-order valence-electron chi connectivity index (χ3n) is 13.8. The molecule has 2 aromatic carbocycles. The molecule has 0 saturated heterocycles. The van der Waals surface area contributed by atoms with Crippen LogP contribution in [0, 0.1) is 48.5 Å². The van der Waals surface area contributed by atoms with Crippen molar-refractivity contribution in [3.8, 4) is 78.4 Å². The molecule has 0 aliphatic carbocycles. The van der Waals surface area contributed by atoms with Gasteiger partial charge >= 0.3 is 0 Å². The minimum atomic E-state index is 0.891. The minimum Gasteiger partial charge on any atom is -0.265 e. The van der Waals surface area contributed by atoms with Crippen LogP contribution in [0.4, 0.5) is 0 Å². The Bertz CT molecular complexity index is 3570. The second-order valence-corrected chi connectivity index (χ2v) is 20.2. The summed E-state index contributed by atoms with van der Waals surface area (Å²) >= 11 is 0. The fraction of sp³-hybridized carbons (Fsp3) is 0.0909. The summed E-state index contributed by atoms with van der Waals surface area (Å²) in [6.07, 6.45) is 32.0. The number of rotatable bonds is 7. The molecule has 12 aromatic heterocycles. The highest BCUT2D eigenvalue weighted by Gasteiger charge is 2.06. The first-order chi connectivity index (χ1) is 44.6. The third-order valence-corrected chi connectivity index (χ3v) is 13.8. The van der Waals surface area contributed by atoms with Crippen molar-refractivity contribution < 1.29 is 0 Å². The lowest BCUT2D eigenvalue weighted by Gasteiger charge is -2.03. The summed E-state index contributed by atoms with van der Waals surface area (Å²) in [5.41, 5.74) is 23.0. The molecule has 0 unspecified atom stereocenters. The lowest BCUT2D eigenvalue weighted by Crippen LogP contribution is -1.90. The maximum absolute atomic E-state index is 4.27. The number of aryl methyl sites for hydroxylation is 7. The number of hydrogen-bond acceptors (Lipinski definition) is 14. The zero-order chi connectivity index (χ0) is 63.7. The average Bonchev–Trinajstić information content (AvgIpc) is 3.44. The normalized spacial score (nSPS) is 9.92. The van der Waals surface area contributed by atoms with Crippen LogP contribution < -0.4 is 0 Å². The fourth-order valence-corrected chi connectivity index (χ4v) is 9.11. The second kappa shape index (κ2) is 35.7. The van der Waals surface area contributed by atoms with Gasteiger partial charge in [0.25, 0.3) is 0 Å². The minimum absolute atomic E-state index is 0.891. The van der Waals surface area contributed by atoms with E-state index in [-0.39, 0.29) is 0 Å². The summed E-state index contributed by atoms with van der Waals surface area (Å²) in [6.45, 7) is 14.1. The van der Waals surface area contributed by atoms with Crippen molar-refractivity contribution in [3.63, 3.8) is 0 Å². The topological polar surface area (TPSA) is 180 Å². The second-order valence-electron chi connectivity index (χ2n) is 20.2. The van der Waals surface area contributed by atoms with Crippen LogP contribution in [-0.2, 0) is 0 Å². The smallest absolute Gasteiger partial charge is 0.116 e. The highest BCUT2D eigenvalue weighted by Crippen LogP contribution is 2.25. The highest BCUT2D eigenvalue weighted by molar-refractivity contribution is 5.68. The van der Waals surface area contributed by atoms with Gasteiger partial charge in [-0.15, -0.1) is 0 Å². The number of benzene rings is 2. The lowest BCUT2D eigenvalue weighted by molar-refractivity contribution is 1.12. The Balaban J connectivity index is 0.000000137. The number of pyridine rings is 10. The van der Waals surface area contributed by atoms with Gasteiger partial charge in [-0.2, -0.15) is 0 Å². The van der Waals surface area contributed by atoms with Crippen LogP contribution in [0.25, 0.3) is 78.4 Å². The molecule has 0 aliphatic rings. The Hall–Kier alpha value is -11.9. The van der Waals surface area contributed by atoms with E-state index >= 15 is 0 Å². The summed E-state index contributed by atoms with van der Waals surface area (Å²) < 4.78 is 0. The molecule has 0 N–H and O–H groups in total. The summed E-state index contributed by atoms with van der Waals surface area (Å²) in [4.78, 5) is 57.8. The van der Waals surface area contributed by atoms with Crippen LogP contribution in [0.15, 0.2) is 300 Å². The van der Waals surface area contributed by atoms with Gasteiger partial charge in [-0.25, -0.2) is 19.9 Å². The molecule has 14 nitrogen and oxygen atoms in total. The summed E-state index contributed by atoms with van der Waals surface area (Å²) in [5.74, 6) is 0. The molecule has 14 rings (SSSR count). The van der Waals surface area contributed by atoms with Gasteiger partial charge in [-0.3, -0.25) is 49.8 Å². The van der Waals surface area contributed by atoms with Crippen molar-refractivity contribution in [2.75, 3.05) is 0 Å². The molecule has 91 heavy (non-hydrogen) atoms. The Morgan fingerprint density at radius 2 is 0.571 bits per heavy atom. The van der Waals surface area contributed by atoms with Crippen molar-refractivity contribution in [2.24, 2.45) is 0 Å². The summed E-state index contributed by atoms with van der Waals surface area (Å²) in [7, 11) is 0. The van der Waals surface area contributed by atoms with E-state index in [2.05, 4.69) is 119 Å². The van der Waals surface area contributed by atoms with E-state index in [1.807, 2.05) is 218 Å². The number of hydrogen-bond donors (Lipinski definition) is 0. The molecule has 0 radical (unpaired) electrons. The molecular formula is C77H70N14. The molecule has 0 atom stereocenters. The van der Waals surface area contributed by atoms with Gasteiger partial charge in [0.2, 0.25) is 0 Å². The van der Waals surface area contributed by atoms with Gasteiger partial charge in [-0.05, 0) is 178 Å². The lowest BCUT2D eigenvalue weighted by atomic mass is 10.0. The molecule has 0 amide bonds. The van der Waals surface area contributed by atoms with E-state index in [1.165, 1.54) is 45.3 Å². The van der Waals surface area contributed by atoms with E-state index < -0.39 is 0 Å². The fourth-order valence-electron chi connectivity index (χ4n) is 9.11. The first kappa shape index (κ1) is 65.1. The first-order valence-electron chi connectivity index (χ1n) is 29.4. The third kappa shape index (κ3) is 20.3. The Morgan fingerprint density at radius 3 is 1.02 bits per heavy atom. The molecule has 0 aliphatic heterocycles. The van der Waals surface area contributed by atoms with E-state index in [4.69, 9.17) is 0 Å². The van der Waals surface area contributed by atoms with Crippen molar-refractivity contribution >= 4 is 0 Å². The monoisotopic (exact) mass is 1190 g/mol. The van der Waals surface area contributed by atoms with Crippen molar-refractivity contribution in [2.45, 2.75) is 48.5 Å². The molecule has 448 valence electrons. The number of aromatic nitrogens is 14. The largest absolute Gasteiger partial charge is 0.265 e. The van der Waals surface area contributed by atoms with Crippen molar-refractivity contribution in [3.05, 3.63) is 339 Å². The predicted octanol–water partition coefficient (Wildman–Crippen LogP) is 17.2. The molecular weight excluding hydrogens is 1120 g/mol. The summed E-state index contributed by atoms with van der Waals surface area (Å²) in [6, 6.07) is 62.1.